The highest BCUT2D eigenvalue weighted by atomic mass is 16.5. The fraction of sp³-hybridized carbons (Fsp3) is 0.400. The van der Waals surface area contributed by atoms with Crippen LogP contribution >= 0.6 is 0 Å². The van der Waals surface area contributed by atoms with Crippen LogP contribution in [0.5, 0.6) is 0 Å². The Labute approximate surface area is 152 Å². The lowest BCUT2D eigenvalue weighted by atomic mass is 9.92. The van der Waals surface area contributed by atoms with Gasteiger partial charge in [0.1, 0.15) is 11.2 Å². The minimum atomic E-state index is -0.862. The van der Waals surface area contributed by atoms with E-state index in [9.17, 15) is 14.7 Å². The van der Waals surface area contributed by atoms with E-state index < -0.39 is 11.2 Å². The Kier molecular flexibility index (Phi) is 5.25. The minimum Gasteiger partial charge on any atom is -0.393 e. The Morgan fingerprint density at radius 2 is 2.12 bits per heavy atom. The van der Waals surface area contributed by atoms with Gasteiger partial charge in [0.25, 0.3) is 11.5 Å². The summed E-state index contributed by atoms with van der Waals surface area (Å²) >= 11 is 0. The van der Waals surface area contributed by atoms with E-state index in [4.69, 9.17) is 4.74 Å². The first-order valence-electron chi connectivity index (χ1n) is 8.72. The highest BCUT2D eigenvalue weighted by Gasteiger charge is 2.38. The van der Waals surface area contributed by atoms with Gasteiger partial charge in [-0.15, -0.1) is 0 Å². The summed E-state index contributed by atoms with van der Waals surface area (Å²) in [4.78, 5) is 29.2. The van der Waals surface area contributed by atoms with Gasteiger partial charge in [-0.05, 0) is 31.5 Å². The molecule has 1 aromatic carbocycles. The predicted octanol–water partition coefficient (Wildman–Crippen LogP) is 1.44. The smallest absolute Gasteiger partial charge is 0.260 e. The van der Waals surface area contributed by atoms with Gasteiger partial charge in [-0.25, -0.2) is 0 Å². The van der Waals surface area contributed by atoms with Crippen molar-refractivity contribution >= 4 is 5.91 Å². The first-order valence-corrected chi connectivity index (χ1v) is 8.72. The molecule has 0 spiro atoms. The number of aliphatic hydroxyl groups is 1. The number of nitrogens with one attached hydrogen (secondary N) is 1. The number of aryl methyl sites for hydroxylation is 2. The summed E-state index contributed by atoms with van der Waals surface area (Å²) in [5.41, 5.74) is 1.73. The number of aliphatic hydroxyl groups excluding tert-OH is 1. The number of hydrogen-bond acceptors (Lipinski definition) is 4. The molecule has 6 nitrogen and oxygen atoms in total. The maximum Gasteiger partial charge on any atom is 0.260 e. The summed E-state index contributed by atoms with van der Waals surface area (Å²) in [5, 5.41) is 10.0. The molecule has 0 saturated carbocycles. The second-order valence-electron chi connectivity index (χ2n) is 6.97. The number of amides is 1. The number of nitrogens with zero attached hydrogens (tertiary/aromatic N) is 1. The van der Waals surface area contributed by atoms with Crippen LogP contribution in [0.25, 0.3) is 0 Å². The zero-order valence-corrected chi connectivity index (χ0v) is 15.1. The number of pyridine rings is 1. The molecule has 1 atom stereocenters. The molecule has 1 amide bonds. The van der Waals surface area contributed by atoms with Crippen LogP contribution in [0.15, 0.2) is 41.2 Å². The van der Waals surface area contributed by atoms with Crippen LogP contribution in [0.1, 0.15) is 27.2 Å². The van der Waals surface area contributed by atoms with Gasteiger partial charge < -0.3 is 19.7 Å². The minimum absolute atomic E-state index is 0.111. The normalized spacial score (nSPS) is 20.2. The van der Waals surface area contributed by atoms with Gasteiger partial charge in [-0.2, -0.15) is 0 Å². The molecule has 0 aliphatic carbocycles. The average molecular weight is 356 g/mol. The largest absolute Gasteiger partial charge is 0.393 e. The molecule has 1 fully saturated rings. The Hall–Kier alpha value is -2.44. The molecule has 3 rings (SSSR count). The Bertz CT molecular complexity index is 861. The van der Waals surface area contributed by atoms with E-state index in [1.807, 2.05) is 31.2 Å². The average Bonchev–Trinajstić information content (AvgIpc) is 2.61. The van der Waals surface area contributed by atoms with Gasteiger partial charge in [-0.1, -0.05) is 29.8 Å². The van der Waals surface area contributed by atoms with E-state index in [0.717, 1.165) is 11.1 Å². The Morgan fingerprint density at radius 1 is 1.31 bits per heavy atom. The van der Waals surface area contributed by atoms with Crippen LogP contribution in [-0.2, 0) is 11.2 Å². The molecule has 138 valence electrons. The van der Waals surface area contributed by atoms with Crippen molar-refractivity contribution in [1.29, 1.82) is 0 Å². The third-order valence-electron chi connectivity index (χ3n) is 4.72. The number of H-pyrrole nitrogens is 1. The van der Waals surface area contributed by atoms with E-state index in [0.29, 0.717) is 25.3 Å². The monoisotopic (exact) mass is 356 g/mol. The van der Waals surface area contributed by atoms with Crippen LogP contribution in [-0.4, -0.2) is 52.8 Å². The number of carbonyl (C=O) groups is 1. The van der Waals surface area contributed by atoms with Crippen LogP contribution in [0, 0.1) is 13.8 Å². The van der Waals surface area contributed by atoms with Crippen LogP contribution in [0.2, 0.25) is 0 Å². The third-order valence-corrected chi connectivity index (χ3v) is 4.72. The van der Waals surface area contributed by atoms with Crippen LogP contribution in [0.4, 0.5) is 0 Å². The molecule has 0 bridgehead atoms. The molecule has 26 heavy (non-hydrogen) atoms. The second kappa shape index (κ2) is 7.43. The van der Waals surface area contributed by atoms with E-state index >= 15 is 0 Å². The quantitative estimate of drug-likeness (QED) is 0.868. The lowest BCUT2D eigenvalue weighted by Gasteiger charge is -2.42. The second-order valence-corrected chi connectivity index (χ2v) is 6.97. The molecule has 2 N–H and O–H groups in total. The third kappa shape index (κ3) is 3.86. The van der Waals surface area contributed by atoms with Crippen molar-refractivity contribution in [2.75, 3.05) is 26.3 Å². The molecular weight excluding hydrogens is 332 g/mol. The summed E-state index contributed by atoms with van der Waals surface area (Å²) in [6.45, 7) is 4.53. The molecule has 1 aliphatic heterocycles. The topological polar surface area (TPSA) is 82.6 Å². The number of benzene rings is 1. The van der Waals surface area contributed by atoms with Gasteiger partial charge in [-0.3, -0.25) is 9.59 Å². The zero-order chi connectivity index (χ0) is 18.7. The van der Waals surface area contributed by atoms with Crippen LogP contribution < -0.4 is 5.56 Å². The lowest BCUT2D eigenvalue weighted by molar-refractivity contribution is -0.123. The van der Waals surface area contributed by atoms with Crippen LogP contribution in [0.3, 0.4) is 0 Å². The molecule has 1 unspecified atom stereocenters. The molecule has 1 saturated heterocycles. The maximum atomic E-state index is 12.8. The maximum absolute atomic E-state index is 12.8. The summed E-state index contributed by atoms with van der Waals surface area (Å²) < 4.78 is 5.89. The van der Waals surface area contributed by atoms with Crippen molar-refractivity contribution in [3.63, 3.8) is 0 Å². The first kappa shape index (κ1) is 18.4. The number of aromatic nitrogens is 1. The molecular formula is C20H24N2O4. The summed E-state index contributed by atoms with van der Waals surface area (Å²) in [7, 11) is 0. The summed E-state index contributed by atoms with van der Waals surface area (Å²) in [6, 6.07) is 11.3. The molecule has 2 heterocycles. The van der Waals surface area contributed by atoms with Crippen molar-refractivity contribution in [2.45, 2.75) is 25.9 Å². The number of rotatable bonds is 4. The van der Waals surface area contributed by atoms with E-state index in [1.54, 1.807) is 24.0 Å². The van der Waals surface area contributed by atoms with E-state index in [-0.39, 0.29) is 24.6 Å². The van der Waals surface area contributed by atoms with Gasteiger partial charge in [0, 0.05) is 18.7 Å². The molecule has 0 radical (unpaired) electrons. The predicted molar refractivity (Wildman–Crippen MR) is 98.4 cm³/mol. The van der Waals surface area contributed by atoms with Crippen molar-refractivity contribution < 1.29 is 14.6 Å². The standard InChI is InChI=1S/C20H24N2O4/c1-14-4-3-5-16(10-14)11-20(13-23)12-22(8-9-26-20)19(25)17-7-6-15(2)21-18(17)24/h3-7,10,23H,8-9,11-13H2,1-2H3,(H,21,24). The Balaban J connectivity index is 1.82. The number of aromatic amines is 1. The molecule has 1 aromatic heterocycles. The fourth-order valence-corrected chi connectivity index (χ4v) is 3.38. The zero-order valence-electron chi connectivity index (χ0n) is 15.1. The lowest BCUT2D eigenvalue weighted by Crippen LogP contribution is -2.57. The van der Waals surface area contributed by atoms with Crippen molar-refractivity contribution in [2.24, 2.45) is 0 Å². The number of carbonyl (C=O) groups excluding carboxylic acids is 1. The highest BCUT2D eigenvalue weighted by molar-refractivity contribution is 5.94. The van der Waals surface area contributed by atoms with Crippen molar-refractivity contribution in [3.05, 3.63) is 69.1 Å². The van der Waals surface area contributed by atoms with Gasteiger partial charge in [0.15, 0.2) is 0 Å². The van der Waals surface area contributed by atoms with Crippen molar-refractivity contribution in [1.82, 2.24) is 9.88 Å². The van der Waals surface area contributed by atoms with Crippen molar-refractivity contribution in [3.8, 4) is 0 Å². The SMILES string of the molecule is Cc1cccc(CC2(CO)CN(C(=O)c3ccc(C)[nH]c3=O)CCO2)c1. The number of morpholine rings is 1. The Morgan fingerprint density at radius 3 is 2.81 bits per heavy atom. The van der Waals surface area contributed by atoms with Gasteiger partial charge in [0.05, 0.1) is 19.8 Å². The molecule has 6 heteroatoms. The fourth-order valence-electron chi connectivity index (χ4n) is 3.38. The summed E-state index contributed by atoms with van der Waals surface area (Å²) in [5.74, 6) is -0.336. The molecule has 1 aliphatic rings. The van der Waals surface area contributed by atoms with E-state index in [1.165, 1.54) is 0 Å². The van der Waals surface area contributed by atoms with E-state index in [2.05, 4.69) is 4.98 Å². The number of hydrogen-bond donors (Lipinski definition) is 2. The highest BCUT2D eigenvalue weighted by Crippen LogP contribution is 2.24. The summed E-state index contributed by atoms with van der Waals surface area (Å²) in [6.07, 6.45) is 0.499. The molecule has 2 aromatic rings. The van der Waals surface area contributed by atoms with Gasteiger partial charge in [0.2, 0.25) is 0 Å². The first-order chi connectivity index (χ1) is 12.4. The number of ether oxygens (including phenoxy) is 1. The van der Waals surface area contributed by atoms with Gasteiger partial charge >= 0.3 is 0 Å².